The van der Waals surface area contributed by atoms with Gasteiger partial charge >= 0.3 is 0 Å². The van der Waals surface area contributed by atoms with Crippen LogP contribution in [0, 0.1) is 13.7 Å². The first kappa shape index (κ1) is 23.6. The SMILES string of the molecule is O=C(NC(=S)Nc1ccc2oc(-c3cccc(I)c3)nc2c1)c1ccc(-c2cccc([N+](=O)[O-])c2)o1. The van der Waals surface area contributed by atoms with Crippen LogP contribution in [0.25, 0.3) is 33.9 Å². The highest BCUT2D eigenvalue weighted by molar-refractivity contribution is 14.1. The number of anilines is 1. The average molecular weight is 610 g/mol. The molecule has 2 aromatic heterocycles. The van der Waals surface area contributed by atoms with E-state index in [1.165, 1.54) is 18.2 Å². The number of nitrogens with zero attached hydrogens (tertiary/aromatic N) is 2. The van der Waals surface area contributed by atoms with Gasteiger partial charge in [-0.05, 0) is 83.3 Å². The lowest BCUT2D eigenvalue weighted by Crippen LogP contribution is -2.33. The Morgan fingerprint density at radius 3 is 2.58 bits per heavy atom. The molecule has 11 heteroatoms. The van der Waals surface area contributed by atoms with E-state index in [1.807, 2.05) is 24.3 Å². The van der Waals surface area contributed by atoms with Crippen molar-refractivity contribution < 1.29 is 18.6 Å². The van der Waals surface area contributed by atoms with Crippen molar-refractivity contribution in [2.75, 3.05) is 5.32 Å². The molecule has 0 spiro atoms. The molecule has 5 aromatic rings. The summed E-state index contributed by atoms with van der Waals surface area (Å²) in [6, 6.07) is 22.1. The van der Waals surface area contributed by atoms with E-state index in [9.17, 15) is 14.9 Å². The van der Waals surface area contributed by atoms with Crippen molar-refractivity contribution in [1.82, 2.24) is 10.3 Å². The monoisotopic (exact) mass is 610 g/mol. The predicted octanol–water partition coefficient (Wildman–Crippen LogP) is 6.39. The third kappa shape index (κ3) is 5.11. The van der Waals surface area contributed by atoms with Crippen LogP contribution in [0.1, 0.15) is 10.6 Å². The average Bonchev–Trinajstić information content (AvgIpc) is 3.52. The number of carbonyl (C=O) groups excluding carboxylic acids is 1. The first-order chi connectivity index (χ1) is 17.4. The van der Waals surface area contributed by atoms with E-state index in [1.54, 1.807) is 36.4 Å². The number of amides is 1. The second-order valence-electron chi connectivity index (χ2n) is 7.59. The van der Waals surface area contributed by atoms with Crippen LogP contribution < -0.4 is 10.6 Å². The van der Waals surface area contributed by atoms with Crippen LogP contribution in [-0.4, -0.2) is 20.9 Å². The maximum Gasteiger partial charge on any atom is 0.293 e. The number of hydrogen-bond acceptors (Lipinski definition) is 7. The van der Waals surface area contributed by atoms with Crippen LogP contribution in [0.3, 0.4) is 0 Å². The van der Waals surface area contributed by atoms with E-state index in [-0.39, 0.29) is 16.6 Å². The number of hydrogen-bond donors (Lipinski definition) is 2. The van der Waals surface area contributed by atoms with Gasteiger partial charge in [0, 0.05) is 32.5 Å². The minimum absolute atomic E-state index is 0.00902. The molecule has 0 radical (unpaired) electrons. The summed E-state index contributed by atoms with van der Waals surface area (Å²) in [4.78, 5) is 27.7. The fourth-order valence-electron chi connectivity index (χ4n) is 3.47. The number of halogens is 1. The van der Waals surface area contributed by atoms with Crippen molar-refractivity contribution in [2.45, 2.75) is 0 Å². The van der Waals surface area contributed by atoms with Gasteiger partial charge in [-0.15, -0.1) is 0 Å². The molecule has 0 saturated carbocycles. The van der Waals surface area contributed by atoms with Crippen LogP contribution >= 0.6 is 34.8 Å². The molecule has 2 N–H and O–H groups in total. The minimum Gasteiger partial charge on any atom is -0.451 e. The van der Waals surface area contributed by atoms with Gasteiger partial charge < -0.3 is 14.2 Å². The molecule has 9 nitrogen and oxygen atoms in total. The Kier molecular flexibility index (Phi) is 6.48. The Hall–Kier alpha value is -4.10. The Morgan fingerprint density at radius 1 is 0.972 bits per heavy atom. The fraction of sp³-hybridized carbons (Fsp3) is 0. The van der Waals surface area contributed by atoms with E-state index >= 15 is 0 Å². The third-order valence-corrected chi connectivity index (χ3v) is 5.99. The summed E-state index contributed by atoms with van der Waals surface area (Å²) in [7, 11) is 0. The number of oxazole rings is 1. The molecule has 0 aliphatic heterocycles. The number of non-ortho nitro benzene ring substituents is 1. The number of carbonyl (C=O) groups is 1. The number of fused-ring (bicyclic) bond motifs is 1. The van der Waals surface area contributed by atoms with E-state index in [2.05, 4.69) is 38.2 Å². The fourth-order valence-corrected chi connectivity index (χ4v) is 4.22. The summed E-state index contributed by atoms with van der Waals surface area (Å²) in [6.45, 7) is 0. The first-order valence-corrected chi connectivity index (χ1v) is 12.0. The number of benzene rings is 3. The molecular weight excluding hydrogens is 595 g/mol. The normalized spacial score (nSPS) is 10.8. The van der Waals surface area contributed by atoms with Crippen molar-refractivity contribution in [2.24, 2.45) is 0 Å². The molecule has 3 aromatic carbocycles. The van der Waals surface area contributed by atoms with Gasteiger partial charge in [0.25, 0.3) is 11.6 Å². The topological polar surface area (TPSA) is 123 Å². The quantitative estimate of drug-likeness (QED) is 0.102. The Morgan fingerprint density at radius 2 is 1.78 bits per heavy atom. The summed E-state index contributed by atoms with van der Waals surface area (Å²) in [5.74, 6) is 0.277. The number of aromatic nitrogens is 1. The molecule has 36 heavy (non-hydrogen) atoms. The lowest BCUT2D eigenvalue weighted by Gasteiger charge is -2.08. The van der Waals surface area contributed by atoms with Gasteiger partial charge in [-0.3, -0.25) is 20.2 Å². The van der Waals surface area contributed by atoms with E-state index < -0.39 is 10.8 Å². The van der Waals surface area contributed by atoms with Gasteiger partial charge in [-0.2, -0.15) is 0 Å². The first-order valence-electron chi connectivity index (χ1n) is 10.5. The highest BCUT2D eigenvalue weighted by Crippen LogP contribution is 2.28. The van der Waals surface area contributed by atoms with Crippen molar-refractivity contribution >= 4 is 68.3 Å². The minimum atomic E-state index is -0.562. The second kappa shape index (κ2) is 9.87. The maximum atomic E-state index is 12.6. The molecule has 0 aliphatic rings. The second-order valence-corrected chi connectivity index (χ2v) is 9.25. The van der Waals surface area contributed by atoms with Gasteiger partial charge in [-0.25, -0.2) is 4.98 Å². The summed E-state index contributed by atoms with van der Waals surface area (Å²) < 4.78 is 12.5. The van der Waals surface area contributed by atoms with Crippen molar-refractivity contribution in [3.63, 3.8) is 0 Å². The molecule has 0 aliphatic carbocycles. The molecule has 178 valence electrons. The van der Waals surface area contributed by atoms with Gasteiger partial charge in [-0.1, -0.05) is 18.2 Å². The zero-order chi connectivity index (χ0) is 25.2. The van der Waals surface area contributed by atoms with Crippen molar-refractivity contribution in [3.05, 3.63) is 98.3 Å². The van der Waals surface area contributed by atoms with Crippen LogP contribution in [0.4, 0.5) is 11.4 Å². The van der Waals surface area contributed by atoms with E-state index in [4.69, 9.17) is 21.1 Å². The van der Waals surface area contributed by atoms with E-state index in [0.717, 1.165) is 9.13 Å². The van der Waals surface area contributed by atoms with Gasteiger partial charge in [0.05, 0.1) is 4.92 Å². The number of rotatable bonds is 5. The van der Waals surface area contributed by atoms with Crippen LogP contribution in [0.5, 0.6) is 0 Å². The van der Waals surface area contributed by atoms with Gasteiger partial charge in [0.15, 0.2) is 16.5 Å². The molecule has 0 saturated heterocycles. The van der Waals surface area contributed by atoms with Crippen LogP contribution in [-0.2, 0) is 0 Å². The molecule has 0 atom stereocenters. The molecule has 5 rings (SSSR count). The predicted molar refractivity (Wildman–Crippen MR) is 147 cm³/mol. The molecule has 1 amide bonds. The third-order valence-electron chi connectivity index (χ3n) is 5.12. The Balaban J connectivity index is 1.26. The van der Waals surface area contributed by atoms with E-state index in [0.29, 0.717) is 34.0 Å². The summed E-state index contributed by atoms with van der Waals surface area (Å²) in [5.41, 5.74) is 3.15. The molecule has 0 fully saturated rings. The van der Waals surface area contributed by atoms with Gasteiger partial charge in [0.1, 0.15) is 11.3 Å². The zero-order valence-electron chi connectivity index (χ0n) is 18.2. The number of nitro groups is 1. The number of thiocarbonyl (C=S) groups is 1. The maximum absolute atomic E-state index is 12.6. The molecule has 0 unspecified atom stereocenters. The van der Waals surface area contributed by atoms with Crippen molar-refractivity contribution in [1.29, 1.82) is 0 Å². The van der Waals surface area contributed by atoms with Crippen LogP contribution in [0.15, 0.2) is 87.7 Å². The number of furan rings is 1. The number of nitro benzene ring substituents is 1. The lowest BCUT2D eigenvalue weighted by atomic mass is 10.1. The highest BCUT2D eigenvalue weighted by atomic mass is 127. The summed E-state index contributed by atoms with van der Waals surface area (Å²) >= 11 is 7.50. The lowest BCUT2D eigenvalue weighted by molar-refractivity contribution is -0.384. The standard InChI is InChI=1S/C25H15IN4O5S/c26-16-5-1-4-15(11-16)24-28-19-13-17(7-8-21(19)35-24)27-25(36)29-23(31)22-10-9-20(34-22)14-3-2-6-18(12-14)30(32)33/h1-13H,(H2,27,29,31,36). The summed E-state index contributed by atoms with van der Waals surface area (Å²) in [6.07, 6.45) is 0. The number of nitrogens with one attached hydrogen (secondary N) is 2. The molecule has 2 heterocycles. The smallest absolute Gasteiger partial charge is 0.293 e. The van der Waals surface area contributed by atoms with Crippen molar-refractivity contribution in [3.8, 4) is 22.8 Å². The zero-order valence-corrected chi connectivity index (χ0v) is 21.2. The van der Waals surface area contributed by atoms with Gasteiger partial charge in [0.2, 0.25) is 5.89 Å². The molecular formula is C25H15IN4O5S. The Labute approximate surface area is 222 Å². The largest absolute Gasteiger partial charge is 0.451 e. The van der Waals surface area contributed by atoms with Crippen LogP contribution in [0.2, 0.25) is 0 Å². The molecule has 0 bridgehead atoms. The highest BCUT2D eigenvalue weighted by Gasteiger charge is 2.16. The Bertz CT molecular complexity index is 1640. The summed E-state index contributed by atoms with van der Waals surface area (Å²) in [5, 5.41) is 16.6.